The zero-order chi connectivity index (χ0) is 10.4. The van der Waals surface area contributed by atoms with Crippen molar-refractivity contribution >= 4 is 37.6 Å². The van der Waals surface area contributed by atoms with Crippen LogP contribution in [0.4, 0.5) is 0 Å². The number of nitrogens with zero attached hydrogens (tertiary/aromatic N) is 2. The molecule has 3 nitrogen and oxygen atoms in total. The third-order valence-electron chi connectivity index (χ3n) is 2.22. The highest BCUT2D eigenvalue weighted by molar-refractivity contribution is 14.1. The van der Waals surface area contributed by atoms with Crippen molar-refractivity contribution in [2.45, 2.75) is 13.5 Å². The summed E-state index contributed by atoms with van der Waals surface area (Å²) in [7, 11) is 0. The number of fused-ring (bicyclic) bond motifs is 1. The second-order valence-corrected chi connectivity index (χ2v) is 5.42. The number of hydrogen-bond acceptors (Lipinski definition) is 4. The molecule has 0 atom stereocenters. The number of hydrogen-bond donors (Lipinski definition) is 0. The van der Waals surface area contributed by atoms with Crippen LogP contribution in [-0.4, -0.2) is 8.70 Å². The van der Waals surface area contributed by atoms with Gasteiger partial charge in [0.15, 0.2) is 0 Å². The van der Waals surface area contributed by atoms with E-state index in [9.17, 15) is 0 Å². The molecule has 3 rings (SSSR count). The van der Waals surface area contributed by atoms with Gasteiger partial charge in [-0.2, -0.15) is 0 Å². The van der Waals surface area contributed by atoms with E-state index in [0.717, 1.165) is 26.8 Å². The minimum absolute atomic E-state index is 0.719. The van der Waals surface area contributed by atoms with Gasteiger partial charge < -0.3 is 4.42 Å². The molecule has 2 aromatic rings. The normalized spacial score (nSPS) is 14.1. The fourth-order valence-corrected chi connectivity index (χ4v) is 3.37. The summed E-state index contributed by atoms with van der Waals surface area (Å²) in [4.78, 5) is 11.0. The van der Waals surface area contributed by atoms with E-state index in [2.05, 4.69) is 38.6 Å². The van der Waals surface area contributed by atoms with Crippen molar-refractivity contribution in [1.29, 1.82) is 0 Å². The quantitative estimate of drug-likeness (QED) is 0.752. The van der Waals surface area contributed by atoms with Crippen molar-refractivity contribution in [2.75, 3.05) is 0 Å². The number of aromatic nitrogens is 1. The van der Waals surface area contributed by atoms with Gasteiger partial charge in [-0.05, 0) is 41.1 Å². The molecule has 5 heteroatoms. The zero-order valence-electron chi connectivity index (χ0n) is 7.95. The number of aryl methyl sites for hydroxylation is 1. The summed E-state index contributed by atoms with van der Waals surface area (Å²) in [5.74, 6) is 1.57. The third kappa shape index (κ3) is 1.53. The van der Waals surface area contributed by atoms with Crippen LogP contribution in [0.1, 0.15) is 16.2 Å². The summed E-state index contributed by atoms with van der Waals surface area (Å²) in [5.41, 5.74) is 1.29. The average Bonchev–Trinajstić information content (AvgIpc) is 2.84. The van der Waals surface area contributed by atoms with E-state index in [1.165, 1.54) is 10.4 Å². The summed E-state index contributed by atoms with van der Waals surface area (Å²) in [6, 6.07) is 2.13. The van der Waals surface area contributed by atoms with Gasteiger partial charge in [-0.1, -0.05) is 0 Å². The number of halogens is 1. The maximum atomic E-state index is 5.50. The van der Waals surface area contributed by atoms with Crippen molar-refractivity contribution in [3.05, 3.63) is 28.5 Å². The molecule has 3 heterocycles. The number of oxazole rings is 1. The highest BCUT2D eigenvalue weighted by atomic mass is 127. The standard InChI is InChI=1S/C10H7IN2OS/c1-5-3-13-10(14-5)7-2-6-4-12-9(11)8(6)15-7/h2-3H,4H2,1H3. The summed E-state index contributed by atoms with van der Waals surface area (Å²) in [5, 5.41) is 0. The van der Waals surface area contributed by atoms with Gasteiger partial charge in [-0.3, -0.25) is 4.99 Å². The van der Waals surface area contributed by atoms with Crippen molar-refractivity contribution in [3.63, 3.8) is 0 Å². The van der Waals surface area contributed by atoms with Crippen LogP contribution in [0.2, 0.25) is 0 Å². The van der Waals surface area contributed by atoms with Gasteiger partial charge in [0.05, 0.1) is 22.5 Å². The highest BCUT2D eigenvalue weighted by Gasteiger charge is 2.19. The minimum Gasteiger partial charge on any atom is -0.441 e. The number of thiophene rings is 1. The second kappa shape index (κ2) is 3.41. The van der Waals surface area contributed by atoms with Crippen LogP contribution in [0.3, 0.4) is 0 Å². The van der Waals surface area contributed by atoms with E-state index >= 15 is 0 Å². The Kier molecular flexibility index (Phi) is 2.17. The fraction of sp³-hybridized carbons (Fsp3) is 0.200. The lowest BCUT2D eigenvalue weighted by Gasteiger charge is -1.88. The van der Waals surface area contributed by atoms with Crippen LogP contribution in [0, 0.1) is 6.92 Å². The Hall–Kier alpha value is -0.690. The zero-order valence-corrected chi connectivity index (χ0v) is 10.9. The molecule has 0 saturated heterocycles. The Labute approximate surface area is 104 Å². The van der Waals surface area contributed by atoms with E-state index in [1.54, 1.807) is 17.5 Å². The molecular formula is C10H7IN2OS. The van der Waals surface area contributed by atoms with Crippen LogP contribution in [0.15, 0.2) is 21.7 Å². The Bertz CT molecular complexity index is 556. The van der Waals surface area contributed by atoms with Crippen LogP contribution in [0.5, 0.6) is 0 Å². The molecular weight excluding hydrogens is 323 g/mol. The maximum Gasteiger partial charge on any atom is 0.236 e. The summed E-state index contributed by atoms with van der Waals surface area (Å²) in [6.45, 7) is 2.70. The molecule has 1 aliphatic rings. The molecule has 0 spiro atoms. The SMILES string of the molecule is Cc1cnc(-c2cc3c(s2)C(I)=NC3)o1. The predicted molar refractivity (Wildman–Crippen MR) is 68.8 cm³/mol. The van der Waals surface area contributed by atoms with Crippen molar-refractivity contribution in [2.24, 2.45) is 4.99 Å². The van der Waals surface area contributed by atoms with Gasteiger partial charge in [0.2, 0.25) is 5.89 Å². The largest absolute Gasteiger partial charge is 0.441 e. The van der Waals surface area contributed by atoms with Crippen LogP contribution in [-0.2, 0) is 6.54 Å². The Balaban J connectivity index is 2.08. The van der Waals surface area contributed by atoms with Crippen LogP contribution < -0.4 is 0 Å². The number of rotatable bonds is 1. The van der Waals surface area contributed by atoms with E-state index in [4.69, 9.17) is 4.42 Å². The van der Waals surface area contributed by atoms with Crippen molar-refractivity contribution < 1.29 is 4.42 Å². The monoisotopic (exact) mass is 330 g/mol. The van der Waals surface area contributed by atoms with E-state index in [1.807, 2.05) is 6.92 Å². The van der Waals surface area contributed by atoms with E-state index < -0.39 is 0 Å². The maximum absolute atomic E-state index is 5.50. The fourth-order valence-electron chi connectivity index (χ4n) is 1.52. The topological polar surface area (TPSA) is 38.4 Å². The van der Waals surface area contributed by atoms with Crippen LogP contribution >= 0.6 is 33.9 Å². The molecule has 0 radical (unpaired) electrons. The lowest BCUT2D eigenvalue weighted by molar-refractivity contribution is 0.544. The lowest BCUT2D eigenvalue weighted by atomic mass is 10.3. The van der Waals surface area contributed by atoms with Gasteiger partial charge in [-0.15, -0.1) is 11.3 Å². The van der Waals surface area contributed by atoms with Gasteiger partial charge in [-0.25, -0.2) is 4.98 Å². The Morgan fingerprint density at radius 3 is 3.07 bits per heavy atom. The summed E-state index contributed by atoms with van der Waals surface area (Å²) < 4.78 is 6.60. The van der Waals surface area contributed by atoms with Gasteiger partial charge in [0.25, 0.3) is 0 Å². The first-order valence-corrected chi connectivity index (χ1v) is 6.39. The first-order chi connectivity index (χ1) is 7.24. The smallest absolute Gasteiger partial charge is 0.236 e. The van der Waals surface area contributed by atoms with Crippen molar-refractivity contribution in [1.82, 2.24) is 4.98 Å². The molecule has 2 aromatic heterocycles. The first-order valence-electron chi connectivity index (χ1n) is 4.50. The molecule has 0 bridgehead atoms. The van der Waals surface area contributed by atoms with Gasteiger partial charge in [0, 0.05) is 0 Å². The van der Waals surface area contributed by atoms with E-state index in [0.29, 0.717) is 0 Å². The van der Waals surface area contributed by atoms with Crippen molar-refractivity contribution in [3.8, 4) is 10.8 Å². The average molecular weight is 330 g/mol. The summed E-state index contributed by atoms with van der Waals surface area (Å²) >= 11 is 3.97. The molecule has 76 valence electrons. The Morgan fingerprint density at radius 2 is 2.40 bits per heavy atom. The van der Waals surface area contributed by atoms with Gasteiger partial charge >= 0.3 is 0 Å². The predicted octanol–water partition coefficient (Wildman–Crippen LogP) is 3.41. The first kappa shape index (κ1) is 9.53. The molecule has 1 aliphatic heterocycles. The number of aliphatic imine (C=N–C) groups is 1. The molecule has 0 saturated carbocycles. The lowest BCUT2D eigenvalue weighted by Crippen LogP contribution is -1.77. The molecule has 0 N–H and O–H groups in total. The minimum atomic E-state index is 0.719. The van der Waals surface area contributed by atoms with Gasteiger partial charge in [0.1, 0.15) is 9.48 Å². The second-order valence-electron chi connectivity index (χ2n) is 3.35. The Morgan fingerprint density at radius 1 is 1.53 bits per heavy atom. The van der Waals surface area contributed by atoms with Crippen LogP contribution in [0.25, 0.3) is 10.8 Å². The third-order valence-corrected chi connectivity index (χ3v) is 4.64. The van der Waals surface area contributed by atoms with E-state index in [-0.39, 0.29) is 0 Å². The molecule has 0 unspecified atom stereocenters. The molecule has 0 amide bonds. The summed E-state index contributed by atoms with van der Waals surface area (Å²) in [6.07, 6.45) is 1.75. The molecule has 0 fully saturated rings. The molecule has 0 aromatic carbocycles. The highest BCUT2D eigenvalue weighted by Crippen LogP contribution is 2.36. The molecule has 0 aliphatic carbocycles. The molecule has 15 heavy (non-hydrogen) atoms.